The van der Waals surface area contributed by atoms with Gasteiger partial charge in [-0.05, 0) is 135 Å². The van der Waals surface area contributed by atoms with Crippen molar-refractivity contribution in [1.82, 2.24) is 0 Å². The SMILES string of the molecule is C1=CCCC(C2=CC=C(N(CC34C=CC=CC3=CC=C4)c3ccc(-c4ccc(-c5ccccc5)c(-c5ccc(Nc6ccc(-c7ccccc7)cc6)cc5)c4)cc3)CC2)=C1. The van der Waals surface area contributed by atoms with Crippen LogP contribution in [-0.4, -0.2) is 6.54 Å². The highest BCUT2D eigenvalue weighted by Crippen LogP contribution is 2.43. The first-order valence-electron chi connectivity index (χ1n) is 21.3. The molecule has 4 aliphatic carbocycles. The van der Waals surface area contributed by atoms with E-state index in [1.54, 1.807) is 0 Å². The van der Waals surface area contributed by atoms with Crippen LogP contribution in [0.3, 0.4) is 0 Å². The molecule has 290 valence electrons. The zero-order chi connectivity index (χ0) is 40.1. The van der Waals surface area contributed by atoms with Gasteiger partial charge in [0.1, 0.15) is 0 Å². The Labute approximate surface area is 355 Å². The van der Waals surface area contributed by atoms with Crippen molar-refractivity contribution in [1.29, 1.82) is 0 Å². The van der Waals surface area contributed by atoms with Gasteiger partial charge in [0.05, 0.1) is 0 Å². The van der Waals surface area contributed by atoms with Gasteiger partial charge in [0.15, 0.2) is 0 Å². The molecule has 6 aromatic rings. The lowest BCUT2D eigenvalue weighted by molar-refractivity contribution is 0.590. The Morgan fingerprint density at radius 1 is 0.467 bits per heavy atom. The van der Waals surface area contributed by atoms with E-state index in [-0.39, 0.29) is 5.41 Å². The summed E-state index contributed by atoms with van der Waals surface area (Å²) in [5.74, 6) is 0. The fourth-order valence-electron chi connectivity index (χ4n) is 9.07. The van der Waals surface area contributed by atoms with Crippen LogP contribution in [0, 0.1) is 5.41 Å². The number of hydrogen-bond donors (Lipinski definition) is 1. The Hall–Kier alpha value is -7.16. The number of benzene rings is 6. The third-order valence-electron chi connectivity index (χ3n) is 12.4. The monoisotopic (exact) mass is 772 g/mol. The summed E-state index contributed by atoms with van der Waals surface area (Å²) >= 11 is 0. The van der Waals surface area contributed by atoms with E-state index in [2.05, 4.69) is 235 Å². The van der Waals surface area contributed by atoms with Gasteiger partial charge in [-0.1, -0.05) is 176 Å². The lowest BCUT2D eigenvalue weighted by Crippen LogP contribution is -2.36. The molecular weight excluding hydrogens is 725 g/mol. The largest absolute Gasteiger partial charge is 0.356 e. The summed E-state index contributed by atoms with van der Waals surface area (Å²) in [6.45, 7) is 0.857. The molecule has 60 heavy (non-hydrogen) atoms. The van der Waals surface area contributed by atoms with Crippen molar-refractivity contribution >= 4 is 17.1 Å². The van der Waals surface area contributed by atoms with Crippen molar-refractivity contribution < 1.29 is 0 Å². The molecule has 0 spiro atoms. The van der Waals surface area contributed by atoms with Crippen molar-refractivity contribution in [2.45, 2.75) is 25.7 Å². The van der Waals surface area contributed by atoms with E-state index >= 15 is 0 Å². The first-order valence-corrected chi connectivity index (χ1v) is 21.3. The Balaban J connectivity index is 0.945. The number of nitrogens with one attached hydrogen (secondary N) is 1. The minimum atomic E-state index is -0.144. The van der Waals surface area contributed by atoms with E-state index in [1.165, 1.54) is 72.6 Å². The molecule has 4 aliphatic rings. The van der Waals surface area contributed by atoms with E-state index in [0.29, 0.717) is 0 Å². The summed E-state index contributed by atoms with van der Waals surface area (Å²) in [5, 5.41) is 3.61. The van der Waals surface area contributed by atoms with Gasteiger partial charge in [0.25, 0.3) is 0 Å². The maximum atomic E-state index is 3.61. The maximum Gasteiger partial charge on any atom is 0.0497 e. The molecule has 1 N–H and O–H groups in total. The highest BCUT2D eigenvalue weighted by Gasteiger charge is 2.35. The predicted octanol–water partition coefficient (Wildman–Crippen LogP) is 15.4. The van der Waals surface area contributed by atoms with Crippen LogP contribution in [0.15, 0.2) is 247 Å². The summed E-state index contributed by atoms with van der Waals surface area (Å²) in [6.07, 6.45) is 31.8. The molecule has 0 radical (unpaired) electrons. The smallest absolute Gasteiger partial charge is 0.0497 e. The van der Waals surface area contributed by atoms with Crippen molar-refractivity contribution in [2.24, 2.45) is 5.41 Å². The summed E-state index contributed by atoms with van der Waals surface area (Å²) in [7, 11) is 0. The number of fused-ring (bicyclic) bond motifs is 1. The molecule has 2 nitrogen and oxygen atoms in total. The normalized spacial score (nSPS) is 17.7. The third-order valence-corrected chi connectivity index (χ3v) is 12.4. The van der Waals surface area contributed by atoms with E-state index in [4.69, 9.17) is 0 Å². The summed E-state index contributed by atoms with van der Waals surface area (Å²) in [5.41, 5.74) is 18.5. The fourth-order valence-corrected chi connectivity index (χ4v) is 9.07. The van der Waals surface area contributed by atoms with Gasteiger partial charge in [-0.2, -0.15) is 0 Å². The zero-order valence-corrected chi connectivity index (χ0v) is 33.8. The van der Waals surface area contributed by atoms with Crippen LogP contribution in [0.4, 0.5) is 17.1 Å². The van der Waals surface area contributed by atoms with E-state index in [0.717, 1.165) is 43.6 Å². The standard InChI is InChI=1S/C58H48N2/c1-4-13-43(14-5-1)45-21-30-52(31-22-45)59-53-32-23-49(24-33-53)57-41-50(29-38-56(57)48-17-8-3-9-18-48)47-27-36-55(37-28-47)60(42-58-39-11-10-19-51(58)20-12-40-58)54-34-25-46(26-35-54)44-15-6-2-7-16-44/h1-6,8-15,17-25,27-34,36-41,59H,7,16,26,35,42H2. The molecule has 1 unspecified atom stereocenters. The number of hydrogen-bond acceptors (Lipinski definition) is 2. The van der Waals surface area contributed by atoms with E-state index in [9.17, 15) is 0 Å². The van der Waals surface area contributed by atoms with Crippen molar-refractivity contribution in [2.75, 3.05) is 16.8 Å². The first-order chi connectivity index (χ1) is 29.7. The third kappa shape index (κ3) is 7.73. The van der Waals surface area contributed by atoms with Crippen LogP contribution >= 0.6 is 0 Å². The lowest BCUT2D eigenvalue weighted by Gasteiger charge is -2.38. The molecule has 10 rings (SSSR count). The molecular formula is C58H48N2. The van der Waals surface area contributed by atoms with Gasteiger partial charge in [-0.15, -0.1) is 0 Å². The molecule has 6 aromatic carbocycles. The quantitative estimate of drug-likeness (QED) is 0.141. The second-order valence-electron chi connectivity index (χ2n) is 16.2. The van der Waals surface area contributed by atoms with E-state index in [1.807, 2.05) is 0 Å². The molecule has 0 aliphatic heterocycles. The van der Waals surface area contributed by atoms with Crippen LogP contribution in [-0.2, 0) is 0 Å². The number of anilines is 3. The van der Waals surface area contributed by atoms with Crippen LogP contribution in [0.5, 0.6) is 0 Å². The molecule has 0 amide bonds. The summed E-state index contributed by atoms with van der Waals surface area (Å²) < 4.78 is 0. The Bertz CT molecular complexity index is 2760. The highest BCUT2D eigenvalue weighted by molar-refractivity contribution is 5.88. The molecule has 0 fully saturated rings. The van der Waals surface area contributed by atoms with E-state index < -0.39 is 0 Å². The average Bonchev–Trinajstić information content (AvgIpc) is 3.76. The predicted molar refractivity (Wildman–Crippen MR) is 255 cm³/mol. The second kappa shape index (κ2) is 16.6. The Morgan fingerprint density at radius 2 is 1.08 bits per heavy atom. The molecule has 1 atom stereocenters. The van der Waals surface area contributed by atoms with Gasteiger partial charge in [-0.3, -0.25) is 0 Å². The number of nitrogens with zero attached hydrogens (tertiary/aromatic N) is 1. The minimum absolute atomic E-state index is 0.144. The van der Waals surface area contributed by atoms with Crippen LogP contribution in [0.25, 0.3) is 44.5 Å². The molecule has 0 saturated heterocycles. The van der Waals surface area contributed by atoms with Gasteiger partial charge >= 0.3 is 0 Å². The van der Waals surface area contributed by atoms with Crippen LogP contribution < -0.4 is 10.2 Å². The molecule has 0 heterocycles. The first kappa shape index (κ1) is 37.1. The van der Waals surface area contributed by atoms with Crippen molar-refractivity contribution in [3.05, 3.63) is 247 Å². The second-order valence-corrected chi connectivity index (χ2v) is 16.2. The highest BCUT2D eigenvalue weighted by atomic mass is 15.1. The maximum absolute atomic E-state index is 3.61. The molecule has 0 bridgehead atoms. The molecule has 0 aromatic heterocycles. The molecule has 2 heteroatoms. The van der Waals surface area contributed by atoms with Gasteiger partial charge < -0.3 is 10.2 Å². The van der Waals surface area contributed by atoms with Gasteiger partial charge in [0.2, 0.25) is 0 Å². The van der Waals surface area contributed by atoms with Crippen LogP contribution in [0.1, 0.15) is 25.7 Å². The van der Waals surface area contributed by atoms with Crippen molar-refractivity contribution in [3.8, 4) is 44.5 Å². The Kier molecular flexibility index (Phi) is 10.3. The average molecular weight is 773 g/mol. The number of rotatable bonds is 11. The lowest BCUT2D eigenvalue weighted by atomic mass is 9.78. The zero-order valence-electron chi connectivity index (χ0n) is 33.8. The van der Waals surface area contributed by atoms with Crippen molar-refractivity contribution in [3.63, 3.8) is 0 Å². The summed E-state index contributed by atoms with van der Waals surface area (Å²) in [4.78, 5) is 2.57. The topological polar surface area (TPSA) is 15.3 Å². The minimum Gasteiger partial charge on any atom is -0.356 e. The Morgan fingerprint density at radius 3 is 1.78 bits per heavy atom. The fraction of sp³-hybridized carbons (Fsp3) is 0.103. The van der Waals surface area contributed by atoms with Gasteiger partial charge in [-0.25, -0.2) is 0 Å². The summed E-state index contributed by atoms with van der Waals surface area (Å²) in [6, 6.07) is 54.9. The number of allylic oxidation sites excluding steroid dienone is 13. The van der Waals surface area contributed by atoms with Gasteiger partial charge in [0, 0.05) is 34.7 Å². The molecule has 0 saturated carbocycles. The van der Waals surface area contributed by atoms with Crippen LogP contribution in [0.2, 0.25) is 0 Å².